The first kappa shape index (κ1) is 15.1. The van der Waals surface area contributed by atoms with Crippen LogP contribution in [0.5, 0.6) is 5.75 Å². The SMILES string of the molecule is NCc1ncc(C(=O)O)c(C(F)F)c1OC(F)(F)F. The number of rotatable bonds is 4. The fourth-order valence-electron chi connectivity index (χ4n) is 1.31. The van der Waals surface area contributed by atoms with Crippen LogP contribution in [-0.2, 0) is 6.54 Å². The molecule has 10 heteroatoms. The second kappa shape index (κ2) is 5.34. The maximum atomic E-state index is 12.8. The number of carboxylic acid groups (broad SMARTS) is 1. The molecular formula is C9H7F5N2O3. The summed E-state index contributed by atoms with van der Waals surface area (Å²) < 4.78 is 65.4. The molecular weight excluding hydrogens is 279 g/mol. The van der Waals surface area contributed by atoms with Crippen LogP contribution < -0.4 is 10.5 Å². The standard InChI is InChI=1S/C9H7F5N2O3/c10-7(11)5-3(8(17)18)2-16-4(1-15)6(5)19-9(12,13)14/h2,7H,1,15H2,(H,17,18). The lowest BCUT2D eigenvalue weighted by molar-refractivity contribution is -0.275. The molecule has 0 spiro atoms. The molecule has 1 rings (SSSR count). The van der Waals surface area contributed by atoms with Crippen molar-refractivity contribution in [2.75, 3.05) is 0 Å². The van der Waals surface area contributed by atoms with E-state index in [1.165, 1.54) is 0 Å². The van der Waals surface area contributed by atoms with E-state index >= 15 is 0 Å². The average molecular weight is 286 g/mol. The van der Waals surface area contributed by atoms with Gasteiger partial charge in [0.2, 0.25) is 0 Å². The van der Waals surface area contributed by atoms with Gasteiger partial charge in [0.15, 0.2) is 5.75 Å². The number of aromatic carboxylic acids is 1. The number of ether oxygens (including phenoxy) is 1. The van der Waals surface area contributed by atoms with Crippen LogP contribution >= 0.6 is 0 Å². The minimum Gasteiger partial charge on any atom is -0.478 e. The Morgan fingerprint density at radius 1 is 1.47 bits per heavy atom. The monoisotopic (exact) mass is 286 g/mol. The Hall–Kier alpha value is -1.97. The van der Waals surface area contributed by atoms with Gasteiger partial charge in [-0.1, -0.05) is 0 Å². The molecule has 1 aromatic heterocycles. The topological polar surface area (TPSA) is 85.4 Å². The van der Waals surface area contributed by atoms with Crippen molar-refractivity contribution < 1.29 is 36.6 Å². The van der Waals surface area contributed by atoms with Crippen molar-refractivity contribution in [1.29, 1.82) is 0 Å². The molecule has 5 nitrogen and oxygen atoms in total. The molecule has 0 fully saturated rings. The Morgan fingerprint density at radius 2 is 2.05 bits per heavy atom. The third-order valence-corrected chi connectivity index (χ3v) is 2.01. The molecule has 1 aromatic rings. The third-order valence-electron chi connectivity index (χ3n) is 2.01. The van der Waals surface area contributed by atoms with Gasteiger partial charge in [0, 0.05) is 12.7 Å². The summed E-state index contributed by atoms with van der Waals surface area (Å²) in [5.41, 5.74) is 1.97. The quantitative estimate of drug-likeness (QED) is 0.828. The Kier molecular flexibility index (Phi) is 4.24. The Morgan fingerprint density at radius 3 is 2.42 bits per heavy atom. The number of carbonyl (C=O) groups is 1. The van der Waals surface area contributed by atoms with E-state index < -0.39 is 47.9 Å². The number of alkyl halides is 5. The third kappa shape index (κ3) is 3.50. The molecule has 0 saturated carbocycles. The molecule has 0 saturated heterocycles. The summed E-state index contributed by atoms with van der Waals surface area (Å²) in [6.45, 7) is -0.620. The molecule has 0 amide bonds. The van der Waals surface area contributed by atoms with Crippen LogP contribution in [0.15, 0.2) is 6.20 Å². The first-order valence-electron chi connectivity index (χ1n) is 4.66. The minimum absolute atomic E-state index is 0.509. The van der Waals surface area contributed by atoms with E-state index in [9.17, 15) is 26.7 Å². The first-order valence-corrected chi connectivity index (χ1v) is 4.66. The number of nitrogens with zero attached hydrogens (tertiary/aromatic N) is 1. The van der Waals surface area contributed by atoms with Crippen molar-refractivity contribution in [3.05, 3.63) is 23.0 Å². The van der Waals surface area contributed by atoms with E-state index in [0.29, 0.717) is 6.20 Å². The van der Waals surface area contributed by atoms with Crippen molar-refractivity contribution in [3.8, 4) is 5.75 Å². The number of nitrogens with two attached hydrogens (primary N) is 1. The van der Waals surface area contributed by atoms with Crippen molar-refractivity contribution >= 4 is 5.97 Å². The molecule has 19 heavy (non-hydrogen) atoms. The van der Waals surface area contributed by atoms with Crippen LogP contribution in [0.4, 0.5) is 22.0 Å². The smallest absolute Gasteiger partial charge is 0.478 e. The Bertz CT molecular complexity index is 489. The first-order chi connectivity index (χ1) is 8.67. The summed E-state index contributed by atoms with van der Waals surface area (Å²) in [6.07, 6.45) is -8.25. The Labute approximate surface area is 102 Å². The predicted molar refractivity (Wildman–Crippen MR) is 50.7 cm³/mol. The van der Waals surface area contributed by atoms with Gasteiger partial charge in [-0.2, -0.15) is 0 Å². The summed E-state index contributed by atoms with van der Waals surface area (Å²) in [5, 5.41) is 8.66. The summed E-state index contributed by atoms with van der Waals surface area (Å²) >= 11 is 0. The van der Waals surface area contributed by atoms with E-state index in [2.05, 4.69) is 9.72 Å². The Balaban J connectivity index is 3.52. The van der Waals surface area contributed by atoms with E-state index in [4.69, 9.17) is 10.8 Å². The fourth-order valence-corrected chi connectivity index (χ4v) is 1.31. The lowest BCUT2D eigenvalue weighted by atomic mass is 10.1. The number of carboxylic acids is 1. The molecule has 0 atom stereocenters. The normalized spacial score (nSPS) is 11.7. The molecule has 1 heterocycles. The summed E-state index contributed by atoms with van der Waals surface area (Å²) in [6, 6.07) is 0. The molecule has 3 N–H and O–H groups in total. The van der Waals surface area contributed by atoms with Crippen molar-refractivity contribution in [2.24, 2.45) is 5.73 Å². The maximum Gasteiger partial charge on any atom is 0.573 e. The number of hydrogen-bond donors (Lipinski definition) is 2. The molecule has 106 valence electrons. The van der Waals surface area contributed by atoms with E-state index in [1.807, 2.05) is 0 Å². The minimum atomic E-state index is -5.27. The lowest BCUT2D eigenvalue weighted by Crippen LogP contribution is -2.22. The molecule has 0 bridgehead atoms. The largest absolute Gasteiger partial charge is 0.573 e. The van der Waals surface area contributed by atoms with Crippen LogP contribution in [0.2, 0.25) is 0 Å². The zero-order chi connectivity index (χ0) is 14.8. The summed E-state index contributed by atoms with van der Waals surface area (Å²) in [5.74, 6) is -3.22. The van der Waals surface area contributed by atoms with Gasteiger partial charge < -0.3 is 15.6 Å². The van der Waals surface area contributed by atoms with Crippen LogP contribution in [0.25, 0.3) is 0 Å². The van der Waals surface area contributed by atoms with Crippen molar-refractivity contribution in [1.82, 2.24) is 4.98 Å². The zero-order valence-corrected chi connectivity index (χ0v) is 9.04. The zero-order valence-electron chi connectivity index (χ0n) is 9.04. The van der Waals surface area contributed by atoms with Gasteiger partial charge in [0.25, 0.3) is 6.43 Å². The van der Waals surface area contributed by atoms with Gasteiger partial charge in [-0.3, -0.25) is 4.98 Å². The highest BCUT2D eigenvalue weighted by Gasteiger charge is 2.36. The molecule has 0 aromatic carbocycles. The van der Waals surface area contributed by atoms with Gasteiger partial charge in [0.05, 0.1) is 16.8 Å². The summed E-state index contributed by atoms with van der Waals surface area (Å²) in [4.78, 5) is 14.0. The van der Waals surface area contributed by atoms with Crippen LogP contribution in [0.3, 0.4) is 0 Å². The van der Waals surface area contributed by atoms with Gasteiger partial charge in [-0.05, 0) is 0 Å². The van der Waals surface area contributed by atoms with E-state index in [-0.39, 0.29) is 0 Å². The average Bonchev–Trinajstić information content (AvgIpc) is 2.25. The highest BCUT2D eigenvalue weighted by molar-refractivity contribution is 5.90. The lowest BCUT2D eigenvalue weighted by Gasteiger charge is -2.17. The van der Waals surface area contributed by atoms with Crippen molar-refractivity contribution in [2.45, 2.75) is 19.3 Å². The van der Waals surface area contributed by atoms with Crippen LogP contribution in [-0.4, -0.2) is 22.4 Å². The number of aromatic nitrogens is 1. The molecule has 0 aliphatic rings. The highest BCUT2D eigenvalue weighted by Crippen LogP contribution is 2.37. The second-order valence-corrected chi connectivity index (χ2v) is 3.22. The highest BCUT2D eigenvalue weighted by atomic mass is 19.4. The van der Waals surface area contributed by atoms with Gasteiger partial charge in [-0.25, -0.2) is 13.6 Å². The van der Waals surface area contributed by atoms with Gasteiger partial charge in [0.1, 0.15) is 0 Å². The number of pyridine rings is 1. The van der Waals surface area contributed by atoms with Crippen LogP contribution in [0, 0.1) is 0 Å². The molecule has 0 aliphatic carbocycles. The second-order valence-electron chi connectivity index (χ2n) is 3.22. The summed E-state index contributed by atoms with van der Waals surface area (Å²) in [7, 11) is 0. The fraction of sp³-hybridized carbons (Fsp3) is 0.333. The van der Waals surface area contributed by atoms with Crippen LogP contribution in [0.1, 0.15) is 28.0 Å². The number of hydrogen-bond acceptors (Lipinski definition) is 4. The number of halogens is 5. The molecule has 0 unspecified atom stereocenters. The van der Waals surface area contributed by atoms with E-state index in [1.54, 1.807) is 0 Å². The van der Waals surface area contributed by atoms with Crippen molar-refractivity contribution in [3.63, 3.8) is 0 Å². The predicted octanol–water partition coefficient (Wildman–Crippen LogP) is 2.07. The van der Waals surface area contributed by atoms with Gasteiger partial charge >= 0.3 is 12.3 Å². The maximum absolute atomic E-state index is 12.8. The van der Waals surface area contributed by atoms with Gasteiger partial charge in [-0.15, -0.1) is 13.2 Å². The molecule has 0 aliphatic heterocycles. The van der Waals surface area contributed by atoms with E-state index in [0.717, 1.165) is 0 Å². The molecule has 0 radical (unpaired) electrons.